The smallest absolute Gasteiger partial charge is 0.236 e. The van der Waals surface area contributed by atoms with Crippen LogP contribution in [0.25, 0.3) is 0 Å². The van der Waals surface area contributed by atoms with Crippen molar-refractivity contribution in [3.63, 3.8) is 0 Å². The average molecular weight is 463 g/mol. The van der Waals surface area contributed by atoms with Crippen LogP contribution in [0.5, 0.6) is 0 Å². The number of anilines is 2. The summed E-state index contributed by atoms with van der Waals surface area (Å²) >= 11 is 8.68. The number of aromatic nitrogens is 4. The Bertz CT molecular complexity index is 1050. The van der Waals surface area contributed by atoms with E-state index in [9.17, 15) is 9.59 Å². The fourth-order valence-electron chi connectivity index (χ4n) is 2.46. The summed E-state index contributed by atoms with van der Waals surface area (Å²) in [7, 11) is 0. The Balaban J connectivity index is 1.62. The monoisotopic (exact) mass is 462 g/mol. The summed E-state index contributed by atoms with van der Waals surface area (Å²) in [4.78, 5) is 28.5. The van der Waals surface area contributed by atoms with Gasteiger partial charge in [-0.1, -0.05) is 35.5 Å². The van der Waals surface area contributed by atoms with E-state index in [2.05, 4.69) is 32.4 Å². The van der Waals surface area contributed by atoms with Crippen LogP contribution < -0.4 is 10.6 Å². The summed E-state index contributed by atoms with van der Waals surface area (Å²) in [6, 6.07) is 5.32. The van der Waals surface area contributed by atoms with Crippen LogP contribution in [0, 0.1) is 6.92 Å². The lowest BCUT2D eigenvalue weighted by molar-refractivity contribution is -0.116. The molecule has 0 aliphatic heterocycles. The van der Waals surface area contributed by atoms with Crippen molar-refractivity contribution >= 4 is 57.3 Å². The van der Waals surface area contributed by atoms with Crippen LogP contribution in [0.15, 0.2) is 47.6 Å². The zero-order chi connectivity index (χ0) is 21.5. The summed E-state index contributed by atoms with van der Waals surface area (Å²) in [5.41, 5.74) is 1.54. The number of thioether (sulfide) groups is 1. The van der Waals surface area contributed by atoms with Crippen molar-refractivity contribution in [3.05, 3.63) is 58.8 Å². The minimum Gasteiger partial charge on any atom is -0.326 e. The molecular weight excluding hydrogens is 444 g/mol. The highest BCUT2D eigenvalue weighted by molar-refractivity contribution is 7.99. The topological polar surface area (TPSA) is 102 Å². The van der Waals surface area contributed by atoms with Gasteiger partial charge in [0.1, 0.15) is 5.82 Å². The van der Waals surface area contributed by atoms with Crippen LogP contribution in [-0.4, -0.2) is 37.3 Å². The fraction of sp³-hybridized carbons (Fsp3) is 0.211. The fourth-order valence-corrected chi connectivity index (χ4v) is 3.95. The molecular formula is C19H19ClN6O2S2. The molecule has 0 aliphatic rings. The molecule has 0 fully saturated rings. The lowest BCUT2D eigenvalue weighted by Crippen LogP contribution is -2.18. The molecule has 2 aromatic heterocycles. The first kappa shape index (κ1) is 22.0. The molecule has 0 atom stereocenters. The van der Waals surface area contributed by atoms with E-state index < -0.39 is 0 Å². The highest BCUT2D eigenvalue weighted by Gasteiger charge is 2.17. The van der Waals surface area contributed by atoms with E-state index in [1.54, 1.807) is 34.4 Å². The molecule has 3 rings (SSSR count). The number of nitrogens with zero attached hydrogens (tertiary/aromatic N) is 4. The Morgan fingerprint density at radius 3 is 2.83 bits per heavy atom. The highest BCUT2D eigenvalue weighted by atomic mass is 35.5. The molecule has 0 bridgehead atoms. The van der Waals surface area contributed by atoms with Crippen LogP contribution in [0.3, 0.4) is 0 Å². The maximum atomic E-state index is 12.4. The van der Waals surface area contributed by atoms with Gasteiger partial charge in [0.25, 0.3) is 0 Å². The van der Waals surface area contributed by atoms with Crippen molar-refractivity contribution in [1.29, 1.82) is 0 Å². The van der Waals surface area contributed by atoms with Gasteiger partial charge in [-0.25, -0.2) is 4.98 Å². The van der Waals surface area contributed by atoms with E-state index in [0.717, 1.165) is 5.56 Å². The van der Waals surface area contributed by atoms with Crippen molar-refractivity contribution in [2.75, 3.05) is 16.4 Å². The quantitative estimate of drug-likeness (QED) is 0.370. The van der Waals surface area contributed by atoms with Crippen LogP contribution >= 0.6 is 34.7 Å². The van der Waals surface area contributed by atoms with Crippen molar-refractivity contribution in [1.82, 2.24) is 19.7 Å². The number of amides is 2. The number of carbonyl (C=O) groups excluding carboxylic acids is 2. The number of hydrogen-bond acceptors (Lipinski definition) is 7. The lowest BCUT2D eigenvalue weighted by atomic mass is 10.2. The van der Waals surface area contributed by atoms with Gasteiger partial charge in [0.15, 0.2) is 10.3 Å². The molecule has 3 aromatic rings. The van der Waals surface area contributed by atoms with Gasteiger partial charge >= 0.3 is 0 Å². The number of rotatable bonds is 9. The van der Waals surface area contributed by atoms with Gasteiger partial charge in [0.2, 0.25) is 11.8 Å². The first-order valence-corrected chi connectivity index (χ1v) is 11.1. The predicted octanol–water partition coefficient (Wildman–Crippen LogP) is 3.79. The second-order valence-electron chi connectivity index (χ2n) is 6.16. The molecule has 0 saturated heterocycles. The highest BCUT2D eigenvalue weighted by Crippen LogP contribution is 2.21. The third-order valence-electron chi connectivity index (χ3n) is 3.89. The van der Waals surface area contributed by atoms with E-state index in [-0.39, 0.29) is 24.0 Å². The molecule has 8 nitrogen and oxygen atoms in total. The van der Waals surface area contributed by atoms with Crippen LogP contribution in [0.2, 0.25) is 5.02 Å². The second-order valence-corrected chi connectivity index (χ2v) is 8.41. The van der Waals surface area contributed by atoms with E-state index in [1.165, 1.54) is 23.1 Å². The van der Waals surface area contributed by atoms with Gasteiger partial charge < -0.3 is 15.2 Å². The summed E-state index contributed by atoms with van der Waals surface area (Å²) in [5, 5.41) is 17.2. The summed E-state index contributed by atoms with van der Waals surface area (Å²) < 4.78 is 1.76. The number of allylic oxidation sites excluding steroid dienone is 1. The third-order valence-corrected chi connectivity index (χ3v) is 5.95. The van der Waals surface area contributed by atoms with Crippen LogP contribution in [0.1, 0.15) is 11.4 Å². The van der Waals surface area contributed by atoms with Crippen molar-refractivity contribution in [3.8, 4) is 0 Å². The second kappa shape index (κ2) is 10.4. The van der Waals surface area contributed by atoms with E-state index in [0.29, 0.717) is 33.4 Å². The molecule has 1 aromatic carbocycles. The van der Waals surface area contributed by atoms with Gasteiger partial charge in [0.05, 0.1) is 12.2 Å². The predicted molar refractivity (Wildman–Crippen MR) is 120 cm³/mol. The van der Waals surface area contributed by atoms with Gasteiger partial charge in [-0.2, -0.15) is 0 Å². The van der Waals surface area contributed by atoms with Gasteiger partial charge in [-0.15, -0.1) is 28.1 Å². The molecule has 2 amide bonds. The average Bonchev–Trinajstić information content (AvgIpc) is 3.34. The molecule has 11 heteroatoms. The molecule has 0 spiro atoms. The maximum Gasteiger partial charge on any atom is 0.236 e. The Labute approximate surface area is 186 Å². The number of carbonyl (C=O) groups is 2. The molecule has 0 radical (unpaired) electrons. The standard InChI is InChI=1S/C19H19ClN6O2S2/c1-3-7-26-15(10-16(27)22-13-5-4-12(2)14(20)9-13)24-25-19(26)30-11-17(28)23-18-21-6-8-29-18/h3-6,8-9H,1,7,10-11H2,2H3,(H,22,27)(H,21,23,28). The molecule has 0 aliphatic carbocycles. The summed E-state index contributed by atoms with van der Waals surface area (Å²) in [5.74, 6) is 0.181. The number of hydrogen-bond donors (Lipinski definition) is 2. The molecule has 0 unspecified atom stereocenters. The maximum absolute atomic E-state index is 12.4. The van der Waals surface area contributed by atoms with E-state index >= 15 is 0 Å². The zero-order valence-electron chi connectivity index (χ0n) is 16.1. The van der Waals surface area contributed by atoms with Crippen LogP contribution in [0.4, 0.5) is 10.8 Å². The van der Waals surface area contributed by atoms with Gasteiger partial charge in [0, 0.05) is 28.8 Å². The summed E-state index contributed by atoms with van der Waals surface area (Å²) in [6.07, 6.45) is 3.33. The molecule has 30 heavy (non-hydrogen) atoms. The van der Waals surface area contributed by atoms with E-state index in [1.807, 2.05) is 13.0 Å². The number of benzene rings is 1. The Morgan fingerprint density at radius 1 is 1.30 bits per heavy atom. The first-order chi connectivity index (χ1) is 14.5. The summed E-state index contributed by atoms with van der Waals surface area (Å²) in [6.45, 7) is 6.05. The number of aryl methyl sites for hydroxylation is 1. The largest absolute Gasteiger partial charge is 0.326 e. The first-order valence-electron chi connectivity index (χ1n) is 8.87. The van der Waals surface area contributed by atoms with Crippen molar-refractivity contribution < 1.29 is 9.59 Å². The zero-order valence-corrected chi connectivity index (χ0v) is 18.5. The molecule has 156 valence electrons. The van der Waals surface area contributed by atoms with Gasteiger partial charge in [-0.3, -0.25) is 9.59 Å². The Kier molecular flexibility index (Phi) is 7.61. The number of thiazole rings is 1. The number of nitrogens with one attached hydrogen (secondary N) is 2. The van der Waals surface area contributed by atoms with Gasteiger partial charge in [-0.05, 0) is 24.6 Å². The Hall–Kier alpha value is -2.69. The number of halogens is 1. The normalized spacial score (nSPS) is 10.6. The molecule has 2 N–H and O–H groups in total. The lowest BCUT2D eigenvalue weighted by Gasteiger charge is -2.09. The van der Waals surface area contributed by atoms with E-state index in [4.69, 9.17) is 11.6 Å². The molecule has 0 saturated carbocycles. The van der Waals surface area contributed by atoms with Crippen molar-refractivity contribution in [2.24, 2.45) is 0 Å². The minimum atomic E-state index is -0.245. The van der Waals surface area contributed by atoms with Crippen LogP contribution in [-0.2, 0) is 22.6 Å². The van der Waals surface area contributed by atoms with Crippen molar-refractivity contribution in [2.45, 2.75) is 25.0 Å². The molecule has 2 heterocycles. The minimum absolute atomic E-state index is 0.0260. The third kappa shape index (κ3) is 5.91. The Morgan fingerprint density at radius 2 is 2.13 bits per heavy atom. The SMILES string of the molecule is C=CCn1c(CC(=O)Nc2ccc(C)c(Cl)c2)nnc1SCC(=O)Nc1nccs1.